The van der Waals surface area contributed by atoms with E-state index in [1.807, 2.05) is 47.9 Å². The van der Waals surface area contributed by atoms with Crippen LogP contribution >= 0.6 is 11.8 Å². The molecule has 1 N–H and O–H groups in total. The summed E-state index contributed by atoms with van der Waals surface area (Å²) in [6.45, 7) is 2.03. The number of thioether (sulfide) groups is 1. The zero-order chi connectivity index (χ0) is 21.6. The lowest BCUT2D eigenvalue weighted by atomic mass is 10.2. The first-order valence-corrected chi connectivity index (χ1v) is 10.5. The van der Waals surface area contributed by atoms with E-state index in [1.54, 1.807) is 36.7 Å². The summed E-state index contributed by atoms with van der Waals surface area (Å²) in [5.41, 5.74) is 4.10. The van der Waals surface area contributed by atoms with Crippen molar-refractivity contribution < 1.29 is 4.79 Å². The van der Waals surface area contributed by atoms with Crippen LogP contribution in [-0.2, 0) is 4.79 Å². The Labute approximate surface area is 183 Å². The molecule has 0 atom stereocenters. The Morgan fingerprint density at radius 3 is 2.52 bits per heavy atom. The minimum atomic E-state index is -0.167. The first-order valence-electron chi connectivity index (χ1n) is 9.50. The van der Waals surface area contributed by atoms with Crippen molar-refractivity contribution in [2.75, 3.05) is 11.1 Å². The number of para-hydroxylation sites is 1. The Kier molecular flexibility index (Phi) is 6.05. The van der Waals surface area contributed by atoms with E-state index in [1.165, 1.54) is 11.8 Å². The van der Waals surface area contributed by atoms with E-state index in [0.29, 0.717) is 22.2 Å². The maximum atomic E-state index is 12.5. The number of nitriles is 1. The summed E-state index contributed by atoms with van der Waals surface area (Å²) < 4.78 is 1.96. The number of aromatic nitrogens is 4. The van der Waals surface area contributed by atoms with Crippen molar-refractivity contribution >= 4 is 23.4 Å². The van der Waals surface area contributed by atoms with Gasteiger partial charge in [0, 0.05) is 23.6 Å². The largest absolute Gasteiger partial charge is 0.325 e. The van der Waals surface area contributed by atoms with Gasteiger partial charge in [0.2, 0.25) is 5.91 Å². The van der Waals surface area contributed by atoms with Gasteiger partial charge in [0.05, 0.1) is 23.1 Å². The molecule has 8 heteroatoms. The van der Waals surface area contributed by atoms with E-state index in [4.69, 9.17) is 5.26 Å². The molecule has 0 aliphatic rings. The van der Waals surface area contributed by atoms with Crippen LogP contribution in [-0.4, -0.2) is 31.4 Å². The Hall–Kier alpha value is -3.96. The Balaban J connectivity index is 1.58. The summed E-state index contributed by atoms with van der Waals surface area (Å²) in [7, 11) is 0. The van der Waals surface area contributed by atoms with E-state index in [2.05, 4.69) is 26.6 Å². The first-order chi connectivity index (χ1) is 15.2. The maximum Gasteiger partial charge on any atom is 0.234 e. The van der Waals surface area contributed by atoms with Gasteiger partial charge in [-0.15, -0.1) is 10.2 Å². The highest BCUT2D eigenvalue weighted by atomic mass is 32.2. The molecule has 31 heavy (non-hydrogen) atoms. The van der Waals surface area contributed by atoms with Crippen LogP contribution in [0.25, 0.3) is 17.1 Å². The summed E-state index contributed by atoms with van der Waals surface area (Å²) >= 11 is 1.31. The van der Waals surface area contributed by atoms with E-state index in [-0.39, 0.29) is 11.7 Å². The molecule has 7 nitrogen and oxygen atoms in total. The smallest absolute Gasteiger partial charge is 0.234 e. The molecule has 4 rings (SSSR count). The zero-order valence-electron chi connectivity index (χ0n) is 16.7. The molecule has 0 unspecified atom stereocenters. The van der Waals surface area contributed by atoms with Gasteiger partial charge in [-0.1, -0.05) is 30.0 Å². The van der Waals surface area contributed by atoms with E-state index >= 15 is 0 Å². The normalized spacial score (nSPS) is 10.5. The number of benzene rings is 2. The molecule has 2 aromatic heterocycles. The molecule has 152 valence electrons. The summed E-state index contributed by atoms with van der Waals surface area (Å²) in [5, 5.41) is 21.1. The average molecular weight is 427 g/mol. The first kappa shape index (κ1) is 20.3. The lowest BCUT2D eigenvalue weighted by Crippen LogP contribution is -2.14. The summed E-state index contributed by atoms with van der Waals surface area (Å²) in [5.74, 6) is 0.687. The van der Waals surface area contributed by atoms with Gasteiger partial charge in [0.1, 0.15) is 0 Å². The highest BCUT2D eigenvalue weighted by Gasteiger charge is 2.18. The third-order valence-corrected chi connectivity index (χ3v) is 5.49. The third-order valence-electron chi connectivity index (χ3n) is 4.56. The Morgan fingerprint density at radius 1 is 1.06 bits per heavy atom. The monoisotopic (exact) mass is 426 g/mol. The highest BCUT2D eigenvalue weighted by Crippen LogP contribution is 2.29. The second kappa shape index (κ2) is 9.24. The van der Waals surface area contributed by atoms with E-state index < -0.39 is 0 Å². The van der Waals surface area contributed by atoms with Crippen LogP contribution in [0.5, 0.6) is 0 Å². The Morgan fingerprint density at radius 2 is 1.81 bits per heavy atom. The topological polar surface area (TPSA) is 96.5 Å². The van der Waals surface area contributed by atoms with Gasteiger partial charge in [0.25, 0.3) is 0 Å². The molecule has 2 aromatic carbocycles. The number of pyridine rings is 1. The lowest BCUT2D eigenvalue weighted by Gasteiger charge is -2.13. The average Bonchev–Trinajstić information content (AvgIpc) is 3.23. The van der Waals surface area contributed by atoms with Crippen LogP contribution in [0.3, 0.4) is 0 Å². The summed E-state index contributed by atoms with van der Waals surface area (Å²) in [4.78, 5) is 16.5. The quantitative estimate of drug-likeness (QED) is 0.463. The number of aryl methyl sites for hydroxylation is 1. The van der Waals surface area contributed by atoms with Gasteiger partial charge in [0.15, 0.2) is 11.0 Å². The fraction of sp³-hybridized carbons (Fsp3) is 0.0870. The van der Waals surface area contributed by atoms with Crippen molar-refractivity contribution in [2.45, 2.75) is 12.1 Å². The second-order valence-corrected chi connectivity index (χ2v) is 7.63. The number of nitrogens with zero attached hydrogens (tertiary/aromatic N) is 5. The number of rotatable bonds is 6. The van der Waals surface area contributed by atoms with Crippen molar-refractivity contribution in [1.29, 1.82) is 5.26 Å². The highest BCUT2D eigenvalue weighted by molar-refractivity contribution is 7.99. The second-order valence-electron chi connectivity index (χ2n) is 6.69. The van der Waals surface area contributed by atoms with Crippen molar-refractivity contribution in [1.82, 2.24) is 19.7 Å². The number of carbonyl (C=O) groups excluding carboxylic acids is 1. The van der Waals surface area contributed by atoms with Crippen molar-refractivity contribution in [2.24, 2.45) is 0 Å². The predicted octanol–water partition coefficient (Wildman–Crippen LogP) is 4.24. The number of amides is 1. The van der Waals surface area contributed by atoms with Crippen LogP contribution in [0, 0.1) is 18.3 Å². The number of hydrogen-bond donors (Lipinski definition) is 1. The molecule has 0 radical (unpaired) electrons. The maximum absolute atomic E-state index is 12.5. The molecule has 1 amide bonds. The summed E-state index contributed by atoms with van der Waals surface area (Å²) in [6, 6.07) is 20.5. The molecule has 0 bridgehead atoms. The molecule has 0 saturated heterocycles. The van der Waals surface area contributed by atoms with Gasteiger partial charge in [-0.05, 0) is 55.0 Å². The molecule has 0 fully saturated rings. The van der Waals surface area contributed by atoms with Crippen LogP contribution in [0.15, 0.2) is 78.2 Å². The van der Waals surface area contributed by atoms with Gasteiger partial charge in [-0.2, -0.15) is 5.26 Å². The van der Waals surface area contributed by atoms with Crippen LogP contribution in [0.1, 0.15) is 11.1 Å². The minimum absolute atomic E-state index is 0.167. The molecule has 0 saturated carbocycles. The van der Waals surface area contributed by atoms with Gasteiger partial charge in [-0.3, -0.25) is 14.3 Å². The molecule has 0 aliphatic heterocycles. The fourth-order valence-electron chi connectivity index (χ4n) is 3.04. The summed E-state index contributed by atoms with van der Waals surface area (Å²) in [6.07, 6.45) is 3.42. The molecule has 0 aliphatic carbocycles. The van der Waals surface area contributed by atoms with Gasteiger partial charge in [-0.25, -0.2) is 0 Å². The van der Waals surface area contributed by atoms with Gasteiger partial charge >= 0.3 is 0 Å². The lowest BCUT2D eigenvalue weighted by molar-refractivity contribution is -0.113. The SMILES string of the molecule is Cc1ccccc1-n1c(SCC(=O)Nc2ccc(C#N)cc2)nnc1-c1ccncc1. The molecule has 0 spiro atoms. The molecule has 2 heterocycles. The van der Waals surface area contributed by atoms with Crippen molar-refractivity contribution in [3.8, 4) is 23.1 Å². The molecular weight excluding hydrogens is 408 g/mol. The minimum Gasteiger partial charge on any atom is -0.325 e. The number of hydrogen-bond acceptors (Lipinski definition) is 6. The predicted molar refractivity (Wildman–Crippen MR) is 120 cm³/mol. The van der Waals surface area contributed by atoms with E-state index in [0.717, 1.165) is 16.8 Å². The van der Waals surface area contributed by atoms with Crippen molar-refractivity contribution in [3.05, 3.63) is 84.2 Å². The standard InChI is InChI=1S/C23H18N6OS/c1-16-4-2-3-5-20(16)29-22(18-10-12-25-13-11-18)27-28-23(29)31-15-21(30)26-19-8-6-17(14-24)7-9-19/h2-13H,15H2,1H3,(H,26,30). The van der Waals surface area contributed by atoms with Gasteiger partial charge < -0.3 is 5.32 Å². The van der Waals surface area contributed by atoms with Crippen LogP contribution in [0.2, 0.25) is 0 Å². The van der Waals surface area contributed by atoms with Crippen LogP contribution < -0.4 is 5.32 Å². The molecule has 4 aromatic rings. The fourth-order valence-corrected chi connectivity index (χ4v) is 3.78. The third kappa shape index (κ3) is 4.63. The van der Waals surface area contributed by atoms with Crippen molar-refractivity contribution in [3.63, 3.8) is 0 Å². The Bertz CT molecular complexity index is 1250. The zero-order valence-corrected chi connectivity index (χ0v) is 17.5. The number of anilines is 1. The number of carbonyl (C=O) groups is 1. The van der Waals surface area contributed by atoms with E-state index in [9.17, 15) is 4.79 Å². The number of nitrogens with one attached hydrogen (secondary N) is 1. The molecular formula is C23H18N6OS. The van der Waals surface area contributed by atoms with Crippen LogP contribution in [0.4, 0.5) is 5.69 Å².